The van der Waals surface area contributed by atoms with E-state index in [4.69, 9.17) is 27.9 Å². The lowest BCUT2D eigenvalue weighted by Gasteiger charge is -2.14. The van der Waals surface area contributed by atoms with Gasteiger partial charge in [-0.05, 0) is 37.3 Å². The minimum Gasteiger partial charge on any atom is -0.449 e. The maximum atomic E-state index is 12.1. The number of anilines is 1. The van der Waals surface area contributed by atoms with Gasteiger partial charge in [0.1, 0.15) is 6.29 Å². The fraction of sp³-hybridized carbons (Fsp3) is 0.118. The number of nitrogens with one attached hydrogen (secondary N) is 1. The lowest BCUT2D eigenvalue weighted by molar-refractivity contribution is -0.123. The molecular formula is C17H13Cl2NO4. The Kier molecular flexibility index (Phi) is 5.95. The lowest BCUT2D eigenvalue weighted by Crippen LogP contribution is -2.30. The second-order valence-corrected chi connectivity index (χ2v) is 5.81. The molecule has 0 saturated heterocycles. The monoisotopic (exact) mass is 365 g/mol. The molecule has 1 N–H and O–H groups in total. The third-order valence-electron chi connectivity index (χ3n) is 3.07. The van der Waals surface area contributed by atoms with Crippen LogP contribution in [0.5, 0.6) is 0 Å². The van der Waals surface area contributed by atoms with Crippen LogP contribution in [-0.4, -0.2) is 24.3 Å². The molecule has 2 aromatic rings. The summed E-state index contributed by atoms with van der Waals surface area (Å²) in [4.78, 5) is 34.7. The van der Waals surface area contributed by atoms with Crippen LogP contribution in [0.15, 0.2) is 42.5 Å². The normalized spacial score (nSPS) is 11.5. The molecule has 0 heterocycles. The highest BCUT2D eigenvalue weighted by atomic mass is 35.5. The van der Waals surface area contributed by atoms with Gasteiger partial charge in [0.2, 0.25) is 0 Å². The summed E-state index contributed by atoms with van der Waals surface area (Å²) in [5, 5.41) is 3.31. The van der Waals surface area contributed by atoms with E-state index in [0.717, 1.165) is 0 Å². The predicted molar refractivity (Wildman–Crippen MR) is 91.8 cm³/mol. The van der Waals surface area contributed by atoms with Crippen LogP contribution in [0.25, 0.3) is 0 Å². The topological polar surface area (TPSA) is 72.5 Å². The van der Waals surface area contributed by atoms with Gasteiger partial charge in [-0.2, -0.15) is 0 Å². The SMILES string of the molecule is CC(OC(=O)c1ccc(C=O)cc1)C(=O)Nc1cc(Cl)cc(Cl)c1. The van der Waals surface area contributed by atoms with Crippen molar-refractivity contribution >= 4 is 47.1 Å². The van der Waals surface area contributed by atoms with Crippen LogP contribution < -0.4 is 5.32 Å². The van der Waals surface area contributed by atoms with Gasteiger partial charge in [-0.25, -0.2) is 4.79 Å². The van der Waals surface area contributed by atoms with Crippen molar-refractivity contribution in [3.63, 3.8) is 0 Å². The van der Waals surface area contributed by atoms with E-state index in [1.807, 2.05) is 0 Å². The van der Waals surface area contributed by atoms with E-state index in [9.17, 15) is 14.4 Å². The van der Waals surface area contributed by atoms with E-state index >= 15 is 0 Å². The lowest BCUT2D eigenvalue weighted by atomic mass is 10.1. The van der Waals surface area contributed by atoms with Gasteiger partial charge in [-0.1, -0.05) is 35.3 Å². The molecule has 1 amide bonds. The first-order chi connectivity index (χ1) is 11.4. The summed E-state index contributed by atoms with van der Waals surface area (Å²) >= 11 is 11.7. The Morgan fingerprint density at radius 3 is 2.21 bits per heavy atom. The van der Waals surface area contributed by atoms with E-state index in [-0.39, 0.29) is 5.56 Å². The van der Waals surface area contributed by atoms with E-state index in [0.29, 0.717) is 27.6 Å². The van der Waals surface area contributed by atoms with E-state index in [2.05, 4.69) is 5.32 Å². The van der Waals surface area contributed by atoms with Crippen LogP contribution in [0.4, 0.5) is 5.69 Å². The first-order valence-electron chi connectivity index (χ1n) is 6.92. The zero-order valence-corrected chi connectivity index (χ0v) is 14.1. The molecule has 1 atom stereocenters. The van der Waals surface area contributed by atoms with Crippen LogP contribution in [0.3, 0.4) is 0 Å². The van der Waals surface area contributed by atoms with Crippen molar-refractivity contribution in [1.29, 1.82) is 0 Å². The molecule has 0 aromatic heterocycles. The molecule has 0 fully saturated rings. The van der Waals surface area contributed by atoms with E-state index in [1.54, 1.807) is 0 Å². The Morgan fingerprint density at radius 1 is 1.08 bits per heavy atom. The zero-order valence-electron chi connectivity index (χ0n) is 12.6. The number of amides is 1. The number of benzene rings is 2. The summed E-state index contributed by atoms with van der Waals surface area (Å²) in [6.07, 6.45) is -0.359. The molecule has 7 heteroatoms. The van der Waals surface area contributed by atoms with Gasteiger partial charge in [0, 0.05) is 21.3 Å². The van der Waals surface area contributed by atoms with Gasteiger partial charge < -0.3 is 10.1 Å². The van der Waals surface area contributed by atoms with E-state index < -0.39 is 18.0 Å². The Labute approximate surface area is 148 Å². The minimum absolute atomic E-state index is 0.242. The van der Waals surface area contributed by atoms with Crippen molar-refractivity contribution in [2.45, 2.75) is 13.0 Å². The summed E-state index contributed by atoms with van der Waals surface area (Å²) in [5.74, 6) is -1.19. The van der Waals surface area contributed by atoms with Crippen molar-refractivity contribution in [2.75, 3.05) is 5.32 Å². The highest BCUT2D eigenvalue weighted by Gasteiger charge is 2.19. The molecule has 5 nitrogen and oxygen atoms in total. The quantitative estimate of drug-likeness (QED) is 0.642. The standard InChI is InChI=1S/C17H13Cl2NO4/c1-10(16(22)20-15-7-13(18)6-14(19)8-15)24-17(23)12-4-2-11(9-21)3-5-12/h2-10H,1H3,(H,20,22). The molecule has 1 unspecified atom stereocenters. The number of hydrogen-bond acceptors (Lipinski definition) is 4. The highest BCUT2D eigenvalue weighted by molar-refractivity contribution is 6.35. The average Bonchev–Trinajstić information content (AvgIpc) is 2.53. The first-order valence-corrected chi connectivity index (χ1v) is 7.68. The minimum atomic E-state index is -1.03. The molecule has 24 heavy (non-hydrogen) atoms. The number of carbonyl (C=O) groups is 3. The molecular weight excluding hydrogens is 353 g/mol. The first kappa shape index (κ1) is 18.0. The fourth-order valence-electron chi connectivity index (χ4n) is 1.85. The van der Waals surface area contributed by atoms with Gasteiger partial charge in [0.05, 0.1) is 5.56 Å². The van der Waals surface area contributed by atoms with Crippen LogP contribution in [0, 0.1) is 0 Å². The van der Waals surface area contributed by atoms with Gasteiger partial charge in [0.25, 0.3) is 5.91 Å². The zero-order chi connectivity index (χ0) is 17.7. The van der Waals surface area contributed by atoms with Crippen LogP contribution in [0.1, 0.15) is 27.6 Å². The number of carbonyl (C=O) groups excluding carboxylic acids is 3. The molecule has 124 valence electrons. The summed E-state index contributed by atoms with van der Waals surface area (Å²) in [6, 6.07) is 10.5. The van der Waals surface area contributed by atoms with Crippen molar-refractivity contribution < 1.29 is 19.1 Å². The third kappa shape index (κ3) is 4.81. The number of halogens is 2. The second-order valence-electron chi connectivity index (χ2n) is 4.93. The van der Waals surface area contributed by atoms with Crippen molar-refractivity contribution in [3.8, 4) is 0 Å². The number of rotatable bonds is 5. The van der Waals surface area contributed by atoms with Gasteiger partial charge in [0.15, 0.2) is 6.10 Å². The molecule has 2 aromatic carbocycles. The van der Waals surface area contributed by atoms with E-state index in [1.165, 1.54) is 49.4 Å². The van der Waals surface area contributed by atoms with Crippen LogP contribution >= 0.6 is 23.2 Å². The molecule has 0 bridgehead atoms. The molecule has 2 rings (SSSR count). The number of esters is 1. The molecule has 0 aliphatic carbocycles. The smallest absolute Gasteiger partial charge is 0.338 e. The summed E-state index contributed by atoms with van der Waals surface area (Å²) < 4.78 is 5.10. The molecule has 0 saturated carbocycles. The maximum Gasteiger partial charge on any atom is 0.338 e. The third-order valence-corrected chi connectivity index (χ3v) is 3.50. The summed E-state index contributed by atoms with van der Waals surface area (Å²) in [6.45, 7) is 1.44. The predicted octanol–water partition coefficient (Wildman–Crippen LogP) is 3.99. The number of aldehydes is 1. The van der Waals surface area contributed by atoms with Crippen molar-refractivity contribution in [1.82, 2.24) is 0 Å². The number of hydrogen-bond donors (Lipinski definition) is 1. The van der Waals surface area contributed by atoms with Crippen molar-refractivity contribution in [2.24, 2.45) is 0 Å². The summed E-state index contributed by atoms with van der Waals surface area (Å²) in [5.41, 5.74) is 1.08. The molecule has 0 aliphatic heterocycles. The van der Waals surface area contributed by atoms with Gasteiger partial charge >= 0.3 is 5.97 Å². The Morgan fingerprint density at radius 2 is 1.67 bits per heavy atom. The fourth-order valence-corrected chi connectivity index (χ4v) is 2.38. The average molecular weight is 366 g/mol. The van der Waals surface area contributed by atoms with Gasteiger partial charge in [-0.15, -0.1) is 0 Å². The van der Waals surface area contributed by atoms with Crippen LogP contribution in [-0.2, 0) is 9.53 Å². The Bertz CT molecular complexity index is 754. The molecule has 0 aliphatic rings. The summed E-state index contributed by atoms with van der Waals surface area (Å²) in [7, 11) is 0. The largest absolute Gasteiger partial charge is 0.449 e. The Hall–Kier alpha value is -2.37. The van der Waals surface area contributed by atoms with Gasteiger partial charge in [-0.3, -0.25) is 9.59 Å². The molecule has 0 spiro atoms. The van der Waals surface area contributed by atoms with Crippen LogP contribution in [0.2, 0.25) is 10.0 Å². The maximum absolute atomic E-state index is 12.1. The second kappa shape index (κ2) is 7.95. The number of ether oxygens (including phenoxy) is 1. The molecule has 0 radical (unpaired) electrons. The highest BCUT2D eigenvalue weighted by Crippen LogP contribution is 2.22. The van der Waals surface area contributed by atoms with Crippen molar-refractivity contribution in [3.05, 3.63) is 63.6 Å². The Balaban J connectivity index is 1.99.